The third-order valence-electron chi connectivity index (χ3n) is 4.25. The minimum atomic E-state index is -5.10. The SMILES string of the molecule is Cn1cc(Oc2nc(N)c3cc(C(F)(F)F)n(-c4c(O)cccc4F)c(=O)c3n2)cn1. The summed E-state index contributed by atoms with van der Waals surface area (Å²) in [6.45, 7) is 0. The van der Waals surface area contributed by atoms with Gasteiger partial charge in [0, 0.05) is 7.05 Å². The number of anilines is 1. The molecule has 3 heterocycles. The molecule has 0 fully saturated rings. The van der Waals surface area contributed by atoms with Crippen molar-refractivity contribution in [3.8, 4) is 23.2 Å². The number of pyridine rings is 1. The van der Waals surface area contributed by atoms with Crippen LogP contribution in [0.5, 0.6) is 17.5 Å². The Morgan fingerprint density at radius 1 is 1.23 bits per heavy atom. The van der Waals surface area contributed by atoms with E-state index in [1.165, 1.54) is 17.1 Å². The zero-order chi connectivity index (χ0) is 22.5. The van der Waals surface area contributed by atoms with Crippen molar-refractivity contribution >= 4 is 16.7 Å². The first-order valence-electron chi connectivity index (χ1n) is 8.51. The van der Waals surface area contributed by atoms with Crippen LogP contribution in [-0.2, 0) is 13.2 Å². The highest BCUT2D eigenvalue weighted by Crippen LogP contribution is 2.35. The molecule has 0 aliphatic heterocycles. The van der Waals surface area contributed by atoms with Gasteiger partial charge in [0.2, 0.25) is 0 Å². The number of nitrogens with zero attached hydrogens (tertiary/aromatic N) is 5. The highest BCUT2D eigenvalue weighted by molar-refractivity contribution is 5.88. The van der Waals surface area contributed by atoms with E-state index in [2.05, 4.69) is 15.1 Å². The molecular formula is C18H12F4N6O3. The van der Waals surface area contributed by atoms with Gasteiger partial charge in [-0.2, -0.15) is 28.2 Å². The number of phenols is 1. The summed E-state index contributed by atoms with van der Waals surface area (Å²) in [5, 5.41) is 13.4. The van der Waals surface area contributed by atoms with Crippen molar-refractivity contribution in [2.45, 2.75) is 6.18 Å². The van der Waals surface area contributed by atoms with Crippen LogP contribution in [-0.4, -0.2) is 29.4 Å². The molecule has 0 amide bonds. The van der Waals surface area contributed by atoms with Crippen LogP contribution in [0.1, 0.15) is 5.69 Å². The molecule has 0 aliphatic carbocycles. The molecule has 0 saturated carbocycles. The molecule has 0 atom stereocenters. The summed E-state index contributed by atoms with van der Waals surface area (Å²) >= 11 is 0. The van der Waals surface area contributed by atoms with Gasteiger partial charge in [0.05, 0.1) is 17.8 Å². The molecule has 31 heavy (non-hydrogen) atoms. The summed E-state index contributed by atoms with van der Waals surface area (Å²) in [5.74, 6) is -2.40. The fraction of sp³-hybridized carbons (Fsp3) is 0.111. The Morgan fingerprint density at radius 2 is 1.97 bits per heavy atom. The maximum absolute atomic E-state index is 14.4. The second kappa shape index (κ2) is 6.97. The molecule has 9 nitrogen and oxygen atoms in total. The number of rotatable bonds is 3. The third-order valence-corrected chi connectivity index (χ3v) is 4.25. The molecule has 3 N–H and O–H groups in total. The molecule has 160 valence electrons. The van der Waals surface area contributed by atoms with Crippen LogP contribution >= 0.6 is 0 Å². The zero-order valence-electron chi connectivity index (χ0n) is 15.6. The number of ether oxygens (including phenoxy) is 1. The van der Waals surface area contributed by atoms with Crippen molar-refractivity contribution in [3.05, 3.63) is 58.5 Å². The van der Waals surface area contributed by atoms with Crippen LogP contribution in [0, 0.1) is 5.82 Å². The molecule has 0 saturated heterocycles. The van der Waals surface area contributed by atoms with E-state index in [1.807, 2.05) is 0 Å². The molecule has 0 radical (unpaired) electrons. The molecule has 0 aliphatic rings. The smallest absolute Gasteiger partial charge is 0.431 e. The van der Waals surface area contributed by atoms with E-state index in [0.29, 0.717) is 6.07 Å². The minimum Gasteiger partial charge on any atom is -0.506 e. The molecule has 3 aromatic heterocycles. The van der Waals surface area contributed by atoms with E-state index in [1.54, 1.807) is 7.05 Å². The van der Waals surface area contributed by atoms with E-state index >= 15 is 0 Å². The van der Waals surface area contributed by atoms with Crippen LogP contribution in [0.3, 0.4) is 0 Å². The number of alkyl halides is 3. The Morgan fingerprint density at radius 3 is 2.58 bits per heavy atom. The molecular weight excluding hydrogens is 424 g/mol. The molecule has 4 rings (SSSR count). The zero-order valence-corrected chi connectivity index (χ0v) is 15.6. The lowest BCUT2D eigenvalue weighted by Gasteiger charge is -2.18. The van der Waals surface area contributed by atoms with Crippen molar-refractivity contribution < 1.29 is 27.4 Å². The summed E-state index contributed by atoms with van der Waals surface area (Å²) in [7, 11) is 1.61. The quantitative estimate of drug-likeness (QED) is 0.474. The minimum absolute atomic E-state index is 0.00665. The topological polar surface area (TPSA) is 121 Å². The van der Waals surface area contributed by atoms with Crippen molar-refractivity contribution in [2.75, 3.05) is 5.73 Å². The monoisotopic (exact) mass is 436 g/mol. The van der Waals surface area contributed by atoms with Gasteiger partial charge in [0.25, 0.3) is 5.56 Å². The third kappa shape index (κ3) is 3.49. The van der Waals surface area contributed by atoms with Crippen molar-refractivity contribution in [2.24, 2.45) is 7.05 Å². The summed E-state index contributed by atoms with van der Waals surface area (Å²) < 4.78 is 62.3. The van der Waals surface area contributed by atoms with Gasteiger partial charge in [-0.1, -0.05) is 6.07 Å². The second-order valence-electron chi connectivity index (χ2n) is 6.38. The molecule has 0 bridgehead atoms. The van der Waals surface area contributed by atoms with Crippen LogP contribution in [0.2, 0.25) is 0 Å². The Kier molecular flexibility index (Phi) is 4.52. The van der Waals surface area contributed by atoms with Gasteiger partial charge in [-0.25, -0.2) is 4.39 Å². The molecule has 13 heteroatoms. The number of benzene rings is 1. The van der Waals surface area contributed by atoms with Gasteiger partial charge in [0.15, 0.2) is 11.6 Å². The summed E-state index contributed by atoms with van der Waals surface area (Å²) in [6.07, 6.45) is -2.34. The first-order valence-corrected chi connectivity index (χ1v) is 8.51. The van der Waals surface area contributed by atoms with E-state index < -0.39 is 57.4 Å². The normalized spacial score (nSPS) is 11.8. The number of phenolic OH excluding ortho intramolecular Hbond substituents is 1. The van der Waals surface area contributed by atoms with Crippen molar-refractivity contribution in [1.29, 1.82) is 0 Å². The van der Waals surface area contributed by atoms with Crippen LogP contribution in [0.15, 0.2) is 41.5 Å². The Hall–Kier alpha value is -4.16. The highest BCUT2D eigenvalue weighted by atomic mass is 19.4. The van der Waals surface area contributed by atoms with E-state index in [-0.39, 0.29) is 10.3 Å². The van der Waals surface area contributed by atoms with Crippen LogP contribution < -0.4 is 16.0 Å². The standard InChI is InChI=1S/C18H12F4N6O3/c1-27-7-8(6-24-27)31-17-25-13-9(15(23)26-17)5-12(18(20,21)22)28(16(13)30)14-10(19)3-2-4-11(14)29/h2-7,29H,1H3,(H2,23,25,26). The fourth-order valence-corrected chi connectivity index (χ4v) is 2.95. The van der Waals surface area contributed by atoms with Crippen molar-refractivity contribution in [1.82, 2.24) is 24.3 Å². The number of para-hydroxylation sites is 1. The first kappa shape index (κ1) is 20.1. The van der Waals surface area contributed by atoms with E-state index in [4.69, 9.17) is 10.5 Å². The number of aryl methyl sites for hydroxylation is 1. The number of nitrogen functional groups attached to an aromatic ring is 1. The lowest BCUT2D eigenvalue weighted by molar-refractivity contribution is -0.142. The van der Waals surface area contributed by atoms with E-state index in [9.17, 15) is 27.5 Å². The molecule has 1 aromatic carbocycles. The second-order valence-corrected chi connectivity index (χ2v) is 6.38. The maximum Gasteiger partial charge on any atom is 0.431 e. The average Bonchev–Trinajstić information content (AvgIpc) is 3.07. The lowest BCUT2D eigenvalue weighted by Crippen LogP contribution is -2.28. The number of aromatic nitrogens is 5. The van der Waals surface area contributed by atoms with Crippen LogP contribution in [0.4, 0.5) is 23.4 Å². The maximum atomic E-state index is 14.4. The van der Waals surface area contributed by atoms with Gasteiger partial charge in [0.1, 0.15) is 28.5 Å². The van der Waals surface area contributed by atoms with Crippen LogP contribution in [0.25, 0.3) is 16.6 Å². The fourth-order valence-electron chi connectivity index (χ4n) is 2.95. The summed E-state index contributed by atoms with van der Waals surface area (Å²) in [5.41, 5.74) is 1.26. The van der Waals surface area contributed by atoms with Gasteiger partial charge in [-0.15, -0.1) is 0 Å². The van der Waals surface area contributed by atoms with Gasteiger partial charge in [-0.3, -0.25) is 14.0 Å². The molecule has 4 aromatic rings. The number of nitrogens with two attached hydrogens (primary N) is 1. The first-order chi connectivity index (χ1) is 14.6. The van der Waals surface area contributed by atoms with Crippen molar-refractivity contribution in [3.63, 3.8) is 0 Å². The number of hydrogen-bond donors (Lipinski definition) is 2. The van der Waals surface area contributed by atoms with Gasteiger partial charge in [-0.05, 0) is 18.2 Å². The Bertz CT molecular complexity index is 1360. The number of hydrogen-bond acceptors (Lipinski definition) is 7. The van der Waals surface area contributed by atoms with E-state index in [0.717, 1.165) is 18.2 Å². The summed E-state index contributed by atoms with van der Waals surface area (Å²) in [6, 6.07) is 2.90. The molecule has 0 unspecified atom stereocenters. The number of halogens is 4. The largest absolute Gasteiger partial charge is 0.506 e. The lowest BCUT2D eigenvalue weighted by atomic mass is 10.2. The molecule has 0 spiro atoms. The predicted molar refractivity (Wildman–Crippen MR) is 99.5 cm³/mol. The van der Waals surface area contributed by atoms with Gasteiger partial charge < -0.3 is 15.6 Å². The van der Waals surface area contributed by atoms with Gasteiger partial charge >= 0.3 is 12.2 Å². The summed E-state index contributed by atoms with van der Waals surface area (Å²) in [4.78, 5) is 20.7. The predicted octanol–water partition coefficient (Wildman–Crippen LogP) is 2.75. The highest BCUT2D eigenvalue weighted by Gasteiger charge is 2.37. The number of aromatic hydroxyl groups is 1. The number of fused-ring (bicyclic) bond motifs is 1. The Labute approximate surface area is 170 Å². The Balaban J connectivity index is 2.04. The average molecular weight is 436 g/mol.